The summed E-state index contributed by atoms with van der Waals surface area (Å²) in [5, 5.41) is 3.79. The molecule has 0 fully saturated rings. The van der Waals surface area contributed by atoms with Crippen molar-refractivity contribution in [3.8, 4) is 16.3 Å². The molecule has 4 rings (SSSR count). The predicted octanol–water partition coefficient (Wildman–Crippen LogP) is 4.62. The van der Waals surface area contributed by atoms with Crippen LogP contribution in [0.1, 0.15) is 10.4 Å². The molecule has 2 aromatic heterocycles. The van der Waals surface area contributed by atoms with E-state index in [2.05, 4.69) is 15.3 Å². The van der Waals surface area contributed by atoms with Crippen LogP contribution in [0, 0.1) is 0 Å². The predicted molar refractivity (Wildman–Crippen MR) is 104 cm³/mol. The molecule has 0 saturated carbocycles. The van der Waals surface area contributed by atoms with Gasteiger partial charge in [0.2, 0.25) is 0 Å². The number of nitrogens with one attached hydrogen (secondary N) is 1. The van der Waals surface area contributed by atoms with Crippen LogP contribution < -0.4 is 10.1 Å². The standard InChI is InChI=1S/C20H15N3O2S/c1-25-17-7-3-2-5-15(17)18(24)22-14-10-8-13(9-11-14)19-23-16-6-4-12-21-20(16)26-19/h2-12H,1H3,(H,22,24). The van der Waals surface area contributed by atoms with Gasteiger partial charge in [-0.2, -0.15) is 0 Å². The van der Waals surface area contributed by atoms with Gasteiger partial charge in [0, 0.05) is 17.4 Å². The van der Waals surface area contributed by atoms with Crippen molar-refractivity contribution < 1.29 is 9.53 Å². The molecular formula is C20H15N3O2S. The van der Waals surface area contributed by atoms with Crippen molar-refractivity contribution in [3.05, 3.63) is 72.4 Å². The monoisotopic (exact) mass is 361 g/mol. The van der Waals surface area contributed by atoms with Crippen LogP contribution in [-0.2, 0) is 0 Å². The Kier molecular flexibility index (Phi) is 4.33. The number of carbonyl (C=O) groups excluding carboxylic acids is 1. The Morgan fingerprint density at radius 2 is 1.85 bits per heavy atom. The molecule has 0 bridgehead atoms. The molecule has 4 aromatic rings. The highest BCUT2D eigenvalue weighted by Crippen LogP contribution is 2.29. The number of fused-ring (bicyclic) bond motifs is 1. The average Bonchev–Trinajstić information content (AvgIpc) is 3.12. The summed E-state index contributed by atoms with van der Waals surface area (Å²) in [5.74, 6) is 0.336. The van der Waals surface area contributed by atoms with E-state index in [1.165, 1.54) is 0 Å². The van der Waals surface area contributed by atoms with Gasteiger partial charge in [-0.05, 0) is 48.5 Å². The normalized spacial score (nSPS) is 10.7. The van der Waals surface area contributed by atoms with Gasteiger partial charge in [-0.1, -0.05) is 23.5 Å². The molecule has 0 atom stereocenters. The number of carbonyl (C=O) groups is 1. The van der Waals surface area contributed by atoms with Crippen LogP contribution in [0.4, 0.5) is 5.69 Å². The number of hydrogen-bond donors (Lipinski definition) is 1. The summed E-state index contributed by atoms with van der Waals surface area (Å²) in [5.41, 5.74) is 3.09. The van der Waals surface area contributed by atoms with Crippen LogP contribution in [0.3, 0.4) is 0 Å². The molecule has 128 valence electrons. The molecule has 1 N–H and O–H groups in total. The molecule has 2 heterocycles. The maximum atomic E-state index is 12.5. The molecule has 5 nitrogen and oxygen atoms in total. The highest BCUT2D eigenvalue weighted by Gasteiger charge is 2.12. The van der Waals surface area contributed by atoms with Gasteiger partial charge in [0.1, 0.15) is 21.1 Å². The zero-order chi connectivity index (χ0) is 17.9. The van der Waals surface area contributed by atoms with Crippen molar-refractivity contribution in [1.82, 2.24) is 9.97 Å². The molecule has 1 amide bonds. The number of rotatable bonds is 4. The highest BCUT2D eigenvalue weighted by atomic mass is 32.1. The first-order valence-electron chi connectivity index (χ1n) is 8.01. The van der Waals surface area contributed by atoms with E-state index in [9.17, 15) is 4.79 Å². The lowest BCUT2D eigenvalue weighted by molar-refractivity contribution is 0.102. The minimum atomic E-state index is -0.209. The van der Waals surface area contributed by atoms with Crippen molar-refractivity contribution in [3.63, 3.8) is 0 Å². The SMILES string of the molecule is COc1ccccc1C(=O)Nc1ccc(-c2nc3cccnc3s2)cc1. The molecule has 0 radical (unpaired) electrons. The smallest absolute Gasteiger partial charge is 0.259 e. The number of ether oxygens (including phenoxy) is 1. The van der Waals surface area contributed by atoms with Gasteiger partial charge in [-0.3, -0.25) is 4.79 Å². The Morgan fingerprint density at radius 3 is 2.62 bits per heavy atom. The van der Waals surface area contributed by atoms with E-state index >= 15 is 0 Å². The van der Waals surface area contributed by atoms with Gasteiger partial charge >= 0.3 is 0 Å². The number of anilines is 1. The van der Waals surface area contributed by atoms with Crippen LogP contribution in [-0.4, -0.2) is 23.0 Å². The third kappa shape index (κ3) is 3.14. The van der Waals surface area contributed by atoms with E-state index in [0.29, 0.717) is 17.0 Å². The summed E-state index contributed by atoms with van der Waals surface area (Å²) in [7, 11) is 1.55. The van der Waals surface area contributed by atoms with Crippen molar-refractivity contribution in [2.24, 2.45) is 0 Å². The number of benzene rings is 2. The Labute approximate surface area is 154 Å². The van der Waals surface area contributed by atoms with Gasteiger partial charge < -0.3 is 10.1 Å². The Balaban J connectivity index is 1.55. The third-order valence-corrected chi connectivity index (χ3v) is 4.94. The summed E-state index contributed by atoms with van der Waals surface area (Å²) < 4.78 is 5.24. The minimum absolute atomic E-state index is 0.209. The molecule has 0 unspecified atom stereocenters. The van der Waals surface area contributed by atoms with E-state index in [0.717, 1.165) is 20.9 Å². The fraction of sp³-hybridized carbons (Fsp3) is 0.0500. The lowest BCUT2D eigenvalue weighted by Crippen LogP contribution is -2.12. The maximum Gasteiger partial charge on any atom is 0.259 e. The number of thiazole rings is 1. The van der Waals surface area contributed by atoms with Crippen LogP contribution in [0.5, 0.6) is 5.75 Å². The molecule has 6 heteroatoms. The van der Waals surface area contributed by atoms with E-state index in [4.69, 9.17) is 4.74 Å². The first-order chi connectivity index (χ1) is 12.7. The second-order valence-corrected chi connectivity index (χ2v) is 6.56. The molecule has 26 heavy (non-hydrogen) atoms. The van der Waals surface area contributed by atoms with E-state index in [-0.39, 0.29) is 5.91 Å². The number of para-hydroxylation sites is 1. The van der Waals surface area contributed by atoms with Crippen molar-refractivity contribution >= 4 is 33.3 Å². The van der Waals surface area contributed by atoms with Gasteiger partial charge in [0.05, 0.1) is 12.7 Å². The van der Waals surface area contributed by atoms with Crippen molar-refractivity contribution in [2.75, 3.05) is 12.4 Å². The van der Waals surface area contributed by atoms with Crippen molar-refractivity contribution in [1.29, 1.82) is 0 Å². The fourth-order valence-electron chi connectivity index (χ4n) is 2.62. The third-order valence-electron chi connectivity index (χ3n) is 3.91. The first-order valence-corrected chi connectivity index (χ1v) is 8.82. The topological polar surface area (TPSA) is 64.1 Å². The van der Waals surface area contributed by atoms with Gasteiger partial charge in [-0.15, -0.1) is 0 Å². The number of amides is 1. The zero-order valence-electron chi connectivity index (χ0n) is 14.0. The molecule has 0 aliphatic carbocycles. The molecule has 0 spiro atoms. The quantitative estimate of drug-likeness (QED) is 0.576. The average molecular weight is 361 g/mol. The molecule has 2 aromatic carbocycles. The summed E-state index contributed by atoms with van der Waals surface area (Å²) >= 11 is 1.55. The van der Waals surface area contributed by atoms with E-state index < -0.39 is 0 Å². The Morgan fingerprint density at radius 1 is 1.04 bits per heavy atom. The van der Waals surface area contributed by atoms with E-state index in [1.54, 1.807) is 36.8 Å². The lowest BCUT2D eigenvalue weighted by Gasteiger charge is -2.09. The summed E-state index contributed by atoms with van der Waals surface area (Å²) in [6, 6.07) is 18.6. The Bertz CT molecular complexity index is 1040. The fourth-order valence-corrected chi connectivity index (χ4v) is 3.53. The second-order valence-electron chi connectivity index (χ2n) is 5.58. The number of methoxy groups -OCH3 is 1. The lowest BCUT2D eigenvalue weighted by atomic mass is 10.1. The van der Waals surface area contributed by atoms with Crippen LogP contribution in [0.25, 0.3) is 20.9 Å². The molecule has 0 saturated heterocycles. The first kappa shape index (κ1) is 16.2. The Hall–Kier alpha value is -3.25. The van der Waals surface area contributed by atoms with Crippen molar-refractivity contribution in [2.45, 2.75) is 0 Å². The largest absolute Gasteiger partial charge is 0.496 e. The van der Waals surface area contributed by atoms with Gasteiger partial charge in [0.25, 0.3) is 5.91 Å². The molecular weight excluding hydrogens is 346 g/mol. The zero-order valence-corrected chi connectivity index (χ0v) is 14.8. The van der Waals surface area contributed by atoms with Crippen LogP contribution in [0.2, 0.25) is 0 Å². The summed E-state index contributed by atoms with van der Waals surface area (Å²) in [4.78, 5) is 22.3. The summed E-state index contributed by atoms with van der Waals surface area (Å²) in [6.45, 7) is 0. The number of pyridine rings is 1. The second kappa shape index (κ2) is 6.93. The number of hydrogen-bond acceptors (Lipinski definition) is 5. The highest BCUT2D eigenvalue weighted by molar-refractivity contribution is 7.21. The maximum absolute atomic E-state index is 12.5. The number of nitrogens with zero attached hydrogens (tertiary/aromatic N) is 2. The summed E-state index contributed by atoms with van der Waals surface area (Å²) in [6.07, 6.45) is 1.76. The van der Waals surface area contributed by atoms with Gasteiger partial charge in [-0.25, -0.2) is 9.97 Å². The molecule has 0 aliphatic heterocycles. The minimum Gasteiger partial charge on any atom is -0.496 e. The number of aromatic nitrogens is 2. The van der Waals surface area contributed by atoms with Crippen LogP contribution >= 0.6 is 11.3 Å². The molecule has 0 aliphatic rings. The van der Waals surface area contributed by atoms with Gasteiger partial charge in [0.15, 0.2) is 0 Å². The van der Waals surface area contributed by atoms with E-state index in [1.807, 2.05) is 48.5 Å². The van der Waals surface area contributed by atoms with Crippen LogP contribution in [0.15, 0.2) is 66.9 Å².